The zero-order valence-corrected chi connectivity index (χ0v) is 13.3. The third-order valence-electron chi connectivity index (χ3n) is 2.44. The summed E-state index contributed by atoms with van der Waals surface area (Å²) in [5.41, 5.74) is 0.625. The first-order chi connectivity index (χ1) is 10.3. The monoisotopic (exact) mass is 340 g/mol. The van der Waals surface area contributed by atoms with Crippen LogP contribution in [0, 0.1) is 0 Å². The molecule has 0 aliphatic rings. The quantitative estimate of drug-likeness (QED) is 0.629. The van der Waals surface area contributed by atoms with E-state index in [2.05, 4.69) is 20.2 Å². The Morgan fingerprint density at radius 2 is 1.91 bits per heavy atom. The Balaban J connectivity index is 2.24. The molecule has 8 nitrogen and oxygen atoms in total. The average Bonchev–Trinajstić information content (AvgIpc) is 2.87. The van der Waals surface area contributed by atoms with Gasteiger partial charge in [-0.25, -0.2) is 0 Å². The highest BCUT2D eigenvalue weighted by Gasteiger charge is 2.21. The van der Waals surface area contributed by atoms with Crippen LogP contribution in [0.1, 0.15) is 24.2 Å². The lowest BCUT2D eigenvalue weighted by molar-refractivity contribution is -0.114. The van der Waals surface area contributed by atoms with Crippen molar-refractivity contribution in [3.63, 3.8) is 0 Å². The number of sulfonamides is 1. The number of anilines is 2. The molecule has 2 rings (SSSR count). The fourth-order valence-corrected chi connectivity index (χ4v) is 3.52. The normalized spacial score (nSPS) is 11.0. The van der Waals surface area contributed by atoms with Crippen molar-refractivity contribution in [2.45, 2.75) is 18.2 Å². The second-order valence-electron chi connectivity index (χ2n) is 4.30. The van der Waals surface area contributed by atoms with E-state index in [-0.39, 0.29) is 26.8 Å². The lowest BCUT2D eigenvalue weighted by Crippen LogP contribution is -2.13. The van der Waals surface area contributed by atoms with E-state index in [1.165, 1.54) is 26.0 Å². The van der Waals surface area contributed by atoms with Crippen LogP contribution in [0.5, 0.6) is 0 Å². The highest BCUT2D eigenvalue weighted by Crippen LogP contribution is 2.23. The molecule has 116 valence electrons. The average molecular weight is 340 g/mol. The minimum absolute atomic E-state index is 0.0883. The number of carbonyl (C=O) groups excluding carboxylic acids is 2. The Bertz CT molecular complexity index is 829. The first kappa shape index (κ1) is 16.0. The van der Waals surface area contributed by atoms with Gasteiger partial charge in [0.15, 0.2) is 5.78 Å². The third kappa shape index (κ3) is 3.86. The first-order valence-electron chi connectivity index (χ1n) is 6.03. The van der Waals surface area contributed by atoms with Crippen LogP contribution in [0.3, 0.4) is 0 Å². The highest BCUT2D eigenvalue weighted by atomic mass is 32.2. The third-order valence-corrected chi connectivity index (χ3v) is 5.03. The van der Waals surface area contributed by atoms with Gasteiger partial charge in [0.2, 0.25) is 11.0 Å². The van der Waals surface area contributed by atoms with Crippen molar-refractivity contribution in [1.29, 1.82) is 0 Å². The summed E-state index contributed by atoms with van der Waals surface area (Å²) >= 11 is 0.726. The lowest BCUT2D eigenvalue weighted by Gasteiger charge is -2.05. The minimum Gasteiger partial charge on any atom is -0.301 e. The topological polar surface area (TPSA) is 118 Å². The van der Waals surface area contributed by atoms with E-state index in [1.54, 1.807) is 12.1 Å². The summed E-state index contributed by atoms with van der Waals surface area (Å²) in [4.78, 5) is 22.2. The summed E-state index contributed by atoms with van der Waals surface area (Å²) in [5, 5.41) is 9.55. The molecular weight excluding hydrogens is 328 g/mol. The summed E-state index contributed by atoms with van der Waals surface area (Å²) in [6.07, 6.45) is 0. The Morgan fingerprint density at radius 3 is 2.55 bits per heavy atom. The maximum Gasteiger partial charge on any atom is 0.291 e. The van der Waals surface area contributed by atoms with Crippen molar-refractivity contribution < 1.29 is 18.0 Å². The van der Waals surface area contributed by atoms with Crippen LogP contribution in [0.4, 0.5) is 10.8 Å². The van der Waals surface area contributed by atoms with Gasteiger partial charge in [-0.3, -0.25) is 14.3 Å². The van der Waals surface area contributed by atoms with E-state index in [0.29, 0.717) is 5.56 Å². The zero-order chi connectivity index (χ0) is 16.3. The van der Waals surface area contributed by atoms with Gasteiger partial charge in [0.25, 0.3) is 14.4 Å². The van der Waals surface area contributed by atoms with Crippen LogP contribution < -0.4 is 10.0 Å². The van der Waals surface area contributed by atoms with Crippen molar-refractivity contribution >= 4 is 43.9 Å². The summed E-state index contributed by atoms with van der Waals surface area (Å²) in [7, 11) is -3.94. The number of rotatable bonds is 5. The van der Waals surface area contributed by atoms with Crippen LogP contribution in [-0.2, 0) is 14.8 Å². The minimum atomic E-state index is -3.94. The molecule has 1 heterocycles. The standard InChI is InChI=1S/C12H12N4O4S2/c1-7(17)9-4-3-5-10(6-9)16-22(19,20)12-15-14-11(21-12)13-8(2)18/h3-6,16H,1-2H3,(H,13,14,18). The molecule has 0 atom stereocenters. The fraction of sp³-hybridized carbons (Fsp3) is 0.167. The Hall–Kier alpha value is -2.33. The second-order valence-corrected chi connectivity index (χ2v) is 7.13. The lowest BCUT2D eigenvalue weighted by atomic mass is 10.1. The van der Waals surface area contributed by atoms with Gasteiger partial charge in [-0.2, -0.15) is 8.42 Å². The molecule has 0 saturated carbocycles. The van der Waals surface area contributed by atoms with Gasteiger partial charge < -0.3 is 5.32 Å². The number of ketones is 1. The van der Waals surface area contributed by atoms with E-state index >= 15 is 0 Å². The van der Waals surface area contributed by atoms with E-state index in [9.17, 15) is 18.0 Å². The van der Waals surface area contributed by atoms with Crippen molar-refractivity contribution in [2.24, 2.45) is 0 Å². The number of carbonyl (C=O) groups is 2. The van der Waals surface area contributed by atoms with E-state index in [1.807, 2.05) is 0 Å². The molecule has 0 spiro atoms. The number of nitrogens with one attached hydrogen (secondary N) is 2. The maximum atomic E-state index is 12.2. The first-order valence-corrected chi connectivity index (χ1v) is 8.33. The number of amides is 1. The number of hydrogen-bond donors (Lipinski definition) is 2. The van der Waals surface area contributed by atoms with Crippen LogP contribution in [-0.4, -0.2) is 30.3 Å². The van der Waals surface area contributed by atoms with Crippen molar-refractivity contribution in [3.05, 3.63) is 29.8 Å². The largest absolute Gasteiger partial charge is 0.301 e. The summed E-state index contributed by atoms with van der Waals surface area (Å²) in [6, 6.07) is 6.09. The van der Waals surface area contributed by atoms with E-state index in [4.69, 9.17) is 0 Å². The molecule has 2 aromatic rings. The predicted molar refractivity (Wildman–Crippen MR) is 81.5 cm³/mol. The molecule has 1 aromatic heterocycles. The summed E-state index contributed by atoms with van der Waals surface area (Å²) < 4.78 is 26.4. The SMILES string of the molecule is CC(=O)Nc1nnc(S(=O)(=O)Nc2cccc(C(C)=O)c2)s1. The van der Waals surface area contributed by atoms with Crippen LogP contribution in [0.25, 0.3) is 0 Å². The molecule has 0 unspecified atom stereocenters. The molecule has 1 amide bonds. The number of Topliss-reactive ketones (excluding diaryl/α,β-unsaturated/α-hetero) is 1. The molecule has 0 aliphatic heterocycles. The molecule has 2 N–H and O–H groups in total. The zero-order valence-electron chi connectivity index (χ0n) is 11.7. The van der Waals surface area contributed by atoms with Gasteiger partial charge in [-0.15, -0.1) is 10.2 Å². The second kappa shape index (κ2) is 6.20. The van der Waals surface area contributed by atoms with E-state index < -0.39 is 10.0 Å². The van der Waals surface area contributed by atoms with Gasteiger partial charge in [0.1, 0.15) is 0 Å². The molecule has 0 fully saturated rings. The maximum absolute atomic E-state index is 12.2. The molecular formula is C12H12N4O4S2. The van der Waals surface area contributed by atoms with Crippen LogP contribution >= 0.6 is 11.3 Å². The fourth-order valence-electron chi connectivity index (χ4n) is 1.52. The van der Waals surface area contributed by atoms with Crippen molar-refractivity contribution in [2.75, 3.05) is 10.0 Å². The van der Waals surface area contributed by atoms with Gasteiger partial charge in [0.05, 0.1) is 0 Å². The molecule has 0 bridgehead atoms. The van der Waals surface area contributed by atoms with Crippen molar-refractivity contribution in [1.82, 2.24) is 10.2 Å². The molecule has 0 radical (unpaired) electrons. The van der Waals surface area contributed by atoms with E-state index in [0.717, 1.165) is 11.3 Å². The van der Waals surface area contributed by atoms with Gasteiger partial charge in [-0.05, 0) is 19.1 Å². The highest BCUT2D eigenvalue weighted by molar-refractivity contribution is 7.94. The number of nitrogens with zero attached hydrogens (tertiary/aromatic N) is 2. The van der Waals surface area contributed by atoms with Gasteiger partial charge in [0, 0.05) is 18.2 Å². The predicted octanol–water partition coefficient (Wildman–Crippen LogP) is 1.50. The Kier molecular flexibility index (Phi) is 4.52. The molecule has 0 saturated heterocycles. The van der Waals surface area contributed by atoms with Crippen LogP contribution in [0.2, 0.25) is 0 Å². The Labute approximate surface area is 130 Å². The number of benzene rings is 1. The molecule has 22 heavy (non-hydrogen) atoms. The summed E-state index contributed by atoms with van der Waals surface area (Å²) in [5.74, 6) is -0.549. The number of aromatic nitrogens is 2. The molecule has 10 heteroatoms. The van der Waals surface area contributed by atoms with Gasteiger partial charge in [-0.1, -0.05) is 23.5 Å². The summed E-state index contributed by atoms with van der Waals surface area (Å²) in [6.45, 7) is 2.67. The Morgan fingerprint density at radius 1 is 1.18 bits per heavy atom. The van der Waals surface area contributed by atoms with Crippen molar-refractivity contribution in [3.8, 4) is 0 Å². The number of hydrogen-bond acceptors (Lipinski definition) is 7. The smallest absolute Gasteiger partial charge is 0.291 e. The molecule has 0 aliphatic carbocycles. The van der Waals surface area contributed by atoms with Crippen LogP contribution in [0.15, 0.2) is 28.6 Å². The molecule has 1 aromatic carbocycles. The van der Waals surface area contributed by atoms with Gasteiger partial charge >= 0.3 is 0 Å².